The predicted octanol–water partition coefficient (Wildman–Crippen LogP) is 4.46. The maximum absolute atomic E-state index is 12.2. The molecule has 0 atom stereocenters. The van der Waals surface area contributed by atoms with Gasteiger partial charge < -0.3 is 5.11 Å². The molecule has 1 amide bonds. The molecule has 4 rings (SSSR count). The second-order valence-electron chi connectivity index (χ2n) is 5.98. The maximum atomic E-state index is 12.2. The van der Waals surface area contributed by atoms with Gasteiger partial charge in [-0.2, -0.15) is 5.10 Å². The molecule has 126 valence electrons. The average molecular weight is 340 g/mol. The summed E-state index contributed by atoms with van der Waals surface area (Å²) in [5.74, 6) is -0.210. The molecule has 0 spiro atoms. The van der Waals surface area contributed by atoms with Crippen molar-refractivity contribution in [3.8, 4) is 5.75 Å². The van der Waals surface area contributed by atoms with Crippen molar-refractivity contribution in [3.05, 3.63) is 90.0 Å². The highest BCUT2D eigenvalue weighted by atomic mass is 16.3. The van der Waals surface area contributed by atoms with Crippen LogP contribution in [-0.4, -0.2) is 17.2 Å². The third-order valence-electron chi connectivity index (χ3n) is 4.30. The number of phenolic OH excluding ortho intramolecular Hbond substituents is 1. The van der Waals surface area contributed by atoms with Crippen molar-refractivity contribution < 1.29 is 9.90 Å². The second-order valence-corrected chi connectivity index (χ2v) is 5.98. The molecule has 0 aliphatic carbocycles. The Kier molecular flexibility index (Phi) is 4.07. The summed E-state index contributed by atoms with van der Waals surface area (Å²) in [7, 11) is 0. The fraction of sp³-hybridized carbons (Fsp3) is 0. The third-order valence-corrected chi connectivity index (χ3v) is 4.30. The Hall–Kier alpha value is -3.66. The lowest BCUT2D eigenvalue weighted by Crippen LogP contribution is -2.17. The standard InChI is InChI=1S/C22H16N2O2/c25-18-11-9-15(10-12-18)22(26)24-23-14-21-19-7-3-1-5-16(19)13-17-6-2-4-8-20(17)21/h1-14,25H,(H,24,26)/b23-14+. The zero-order valence-corrected chi connectivity index (χ0v) is 13.9. The topological polar surface area (TPSA) is 61.7 Å². The number of nitrogens with one attached hydrogen (secondary N) is 1. The molecule has 0 aromatic heterocycles. The van der Waals surface area contributed by atoms with E-state index in [9.17, 15) is 9.90 Å². The van der Waals surface area contributed by atoms with Crippen molar-refractivity contribution in [3.63, 3.8) is 0 Å². The lowest BCUT2D eigenvalue weighted by molar-refractivity contribution is 0.0955. The van der Waals surface area contributed by atoms with Gasteiger partial charge in [0.05, 0.1) is 6.21 Å². The van der Waals surface area contributed by atoms with Gasteiger partial charge in [0.2, 0.25) is 0 Å². The van der Waals surface area contributed by atoms with Crippen LogP contribution in [0.1, 0.15) is 15.9 Å². The number of nitrogens with zero attached hydrogens (tertiary/aromatic N) is 1. The molecule has 0 unspecified atom stereocenters. The molecule has 0 aliphatic rings. The van der Waals surface area contributed by atoms with E-state index in [2.05, 4.69) is 28.7 Å². The van der Waals surface area contributed by atoms with Crippen LogP contribution in [0, 0.1) is 0 Å². The Balaban J connectivity index is 1.70. The summed E-state index contributed by atoms with van der Waals surface area (Å²) in [5, 5.41) is 17.9. The first-order valence-electron chi connectivity index (χ1n) is 8.25. The number of fused-ring (bicyclic) bond motifs is 2. The van der Waals surface area contributed by atoms with Gasteiger partial charge in [0.15, 0.2) is 0 Å². The van der Waals surface area contributed by atoms with E-state index in [-0.39, 0.29) is 11.7 Å². The Morgan fingerprint density at radius 2 is 1.42 bits per heavy atom. The van der Waals surface area contributed by atoms with E-state index in [4.69, 9.17) is 0 Å². The van der Waals surface area contributed by atoms with Crippen LogP contribution in [0.3, 0.4) is 0 Å². The summed E-state index contributed by atoms with van der Waals surface area (Å²) >= 11 is 0. The van der Waals surface area contributed by atoms with E-state index in [1.807, 2.05) is 36.4 Å². The van der Waals surface area contributed by atoms with Gasteiger partial charge in [-0.1, -0.05) is 48.5 Å². The van der Waals surface area contributed by atoms with Crippen molar-refractivity contribution in [2.45, 2.75) is 0 Å². The number of rotatable bonds is 3. The third kappa shape index (κ3) is 3.00. The van der Waals surface area contributed by atoms with Crippen LogP contribution in [-0.2, 0) is 0 Å². The molecular weight excluding hydrogens is 324 g/mol. The van der Waals surface area contributed by atoms with Gasteiger partial charge in [-0.15, -0.1) is 0 Å². The quantitative estimate of drug-likeness (QED) is 0.328. The van der Waals surface area contributed by atoms with E-state index in [0.717, 1.165) is 27.1 Å². The summed E-state index contributed by atoms with van der Waals surface area (Å²) in [6.07, 6.45) is 1.68. The van der Waals surface area contributed by atoms with Crippen molar-refractivity contribution in [1.82, 2.24) is 5.43 Å². The minimum Gasteiger partial charge on any atom is -0.508 e. The number of hydrogen-bond donors (Lipinski definition) is 2. The van der Waals surface area contributed by atoms with Crippen LogP contribution in [0.25, 0.3) is 21.5 Å². The highest BCUT2D eigenvalue weighted by Crippen LogP contribution is 2.27. The molecule has 4 heteroatoms. The number of aromatic hydroxyl groups is 1. The normalized spacial score (nSPS) is 11.2. The largest absolute Gasteiger partial charge is 0.508 e. The van der Waals surface area contributed by atoms with Crippen molar-refractivity contribution in [2.24, 2.45) is 5.10 Å². The number of benzene rings is 4. The first-order valence-corrected chi connectivity index (χ1v) is 8.25. The molecule has 26 heavy (non-hydrogen) atoms. The lowest BCUT2D eigenvalue weighted by Gasteiger charge is -2.08. The van der Waals surface area contributed by atoms with Gasteiger partial charge in [0.25, 0.3) is 5.91 Å². The van der Waals surface area contributed by atoms with Crippen LogP contribution in [0.2, 0.25) is 0 Å². The number of carbonyl (C=O) groups is 1. The maximum Gasteiger partial charge on any atom is 0.271 e. The van der Waals surface area contributed by atoms with Crippen LogP contribution < -0.4 is 5.43 Å². The van der Waals surface area contributed by atoms with Crippen LogP contribution in [0.5, 0.6) is 5.75 Å². The van der Waals surface area contributed by atoms with Gasteiger partial charge in [0, 0.05) is 11.1 Å². The summed E-state index contributed by atoms with van der Waals surface area (Å²) in [6, 6.07) is 24.4. The zero-order chi connectivity index (χ0) is 17.9. The SMILES string of the molecule is O=C(N/N=C/c1c2ccccc2cc2ccccc12)c1ccc(O)cc1. The zero-order valence-electron chi connectivity index (χ0n) is 13.9. The molecule has 4 aromatic rings. The summed E-state index contributed by atoms with van der Waals surface area (Å²) < 4.78 is 0. The lowest BCUT2D eigenvalue weighted by atomic mass is 9.97. The Morgan fingerprint density at radius 1 is 0.846 bits per heavy atom. The monoisotopic (exact) mass is 340 g/mol. The Bertz CT molecular complexity index is 1080. The van der Waals surface area contributed by atoms with Crippen LogP contribution in [0.4, 0.5) is 0 Å². The highest BCUT2D eigenvalue weighted by molar-refractivity contribution is 6.13. The van der Waals surface area contributed by atoms with E-state index in [1.54, 1.807) is 18.3 Å². The number of hydrogen-bond acceptors (Lipinski definition) is 3. The molecule has 0 saturated carbocycles. The van der Waals surface area contributed by atoms with E-state index >= 15 is 0 Å². The van der Waals surface area contributed by atoms with Crippen molar-refractivity contribution >= 4 is 33.7 Å². The summed E-state index contributed by atoms with van der Waals surface area (Å²) in [4.78, 5) is 12.2. The molecule has 0 saturated heterocycles. The van der Waals surface area contributed by atoms with Gasteiger partial charge in [-0.3, -0.25) is 4.79 Å². The number of amides is 1. The number of carbonyl (C=O) groups excluding carboxylic acids is 1. The molecule has 0 aliphatic heterocycles. The molecular formula is C22H16N2O2. The summed E-state index contributed by atoms with van der Waals surface area (Å²) in [5.41, 5.74) is 3.94. The fourth-order valence-electron chi connectivity index (χ4n) is 3.02. The Morgan fingerprint density at radius 3 is 2.04 bits per heavy atom. The fourth-order valence-corrected chi connectivity index (χ4v) is 3.02. The van der Waals surface area contributed by atoms with Gasteiger partial charge in [0.1, 0.15) is 5.75 Å². The van der Waals surface area contributed by atoms with E-state index in [1.165, 1.54) is 12.1 Å². The van der Waals surface area contributed by atoms with E-state index < -0.39 is 0 Å². The molecule has 4 aromatic carbocycles. The average Bonchev–Trinajstić information content (AvgIpc) is 2.68. The molecule has 4 nitrogen and oxygen atoms in total. The minimum absolute atomic E-state index is 0.118. The first-order chi connectivity index (χ1) is 12.7. The smallest absolute Gasteiger partial charge is 0.271 e. The highest BCUT2D eigenvalue weighted by Gasteiger charge is 2.06. The Labute approximate surface area is 150 Å². The molecule has 0 bridgehead atoms. The number of phenols is 1. The summed E-state index contributed by atoms with van der Waals surface area (Å²) in [6.45, 7) is 0. The number of hydrazone groups is 1. The minimum atomic E-state index is -0.328. The molecule has 2 N–H and O–H groups in total. The molecule has 0 heterocycles. The van der Waals surface area contributed by atoms with E-state index in [0.29, 0.717) is 5.56 Å². The van der Waals surface area contributed by atoms with Gasteiger partial charge in [-0.05, 0) is 51.9 Å². The van der Waals surface area contributed by atoms with Gasteiger partial charge in [-0.25, -0.2) is 5.43 Å². The van der Waals surface area contributed by atoms with Crippen LogP contribution in [0.15, 0.2) is 84.0 Å². The van der Waals surface area contributed by atoms with Crippen molar-refractivity contribution in [1.29, 1.82) is 0 Å². The molecule has 0 radical (unpaired) electrons. The van der Waals surface area contributed by atoms with Crippen molar-refractivity contribution in [2.75, 3.05) is 0 Å². The first kappa shape index (κ1) is 15.8. The predicted molar refractivity (Wildman–Crippen MR) is 105 cm³/mol. The van der Waals surface area contributed by atoms with Crippen LogP contribution >= 0.6 is 0 Å². The second kappa shape index (κ2) is 6.69. The van der Waals surface area contributed by atoms with Gasteiger partial charge >= 0.3 is 0 Å². The molecule has 0 fully saturated rings.